The van der Waals surface area contributed by atoms with E-state index in [4.69, 9.17) is 4.74 Å². The molecular weight excluding hydrogens is 427 g/mol. The number of aryl methyl sites for hydroxylation is 1. The lowest BCUT2D eigenvalue weighted by Crippen LogP contribution is -2.49. The van der Waals surface area contributed by atoms with Crippen LogP contribution in [-0.4, -0.2) is 59.3 Å². The summed E-state index contributed by atoms with van der Waals surface area (Å²) in [4.78, 5) is 12.3. The van der Waals surface area contributed by atoms with Crippen molar-refractivity contribution in [3.05, 3.63) is 42.0 Å². The van der Waals surface area contributed by atoms with Crippen molar-refractivity contribution in [2.24, 2.45) is 5.10 Å². The van der Waals surface area contributed by atoms with E-state index in [1.807, 2.05) is 36.0 Å². The molecule has 2 aliphatic heterocycles. The maximum absolute atomic E-state index is 14.1. The Kier molecular flexibility index (Phi) is 7.81. The zero-order chi connectivity index (χ0) is 22.3. The highest BCUT2D eigenvalue weighted by Crippen LogP contribution is 2.24. The Bertz CT molecular complexity index is 904. The molecule has 1 fully saturated rings. The Morgan fingerprint density at radius 2 is 2.00 bits per heavy atom. The third-order valence-corrected chi connectivity index (χ3v) is 6.56. The first-order valence-corrected chi connectivity index (χ1v) is 12.5. The van der Waals surface area contributed by atoms with Gasteiger partial charge in [-0.1, -0.05) is 13.3 Å². The number of unbranched alkanes of at least 4 members (excludes halogenated alkanes) is 1. The first-order valence-electron chi connectivity index (χ1n) is 11.3. The van der Waals surface area contributed by atoms with Gasteiger partial charge in [0.15, 0.2) is 11.6 Å². The quantitative estimate of drug-likeness (QED) is 0.572. The van der Waals surface area contributed by atoms with E-state index in [-0.39, 0.29) is 17.6 Å². The van der Waals surface area contributed by atoms with Gasteiger partial charge >= 0.3 is 0 Å². The molecule has 3 heterocycles. The smallest absolute Gasteiger partial charge is 0.225 e. The zero-order valence-corrected chi connectivity index (χ0v) is 19.5. The molecule has 1 saturated heterocycles. The molecule has 1 N–H and O–H groups in total. The number of benzene rings is 1. The summed E-state index contributed by atoms with van der Waals surface area (Å²) in [5.74, 6) is 0.740. The number of halogens is 1. The van der Waals surface area contributed by atoms with Crippen LogP contribution in [0.5, 0.6) is 5.75 Å². The Hall–Kier alpha value is -2.39. The minimum atomic E-state index is -0.336. The summed E-state index contributed by atoms with van der Waals surface area (Å²) in [6.07, 6.45) is 13.0. The van der Waals surface area contributed by atoms with Gasteiger partial charge in [-0.05, 0) is 55.7 Å². The Morgan fingerprint density at radius 3 is 2.69 bits per heavy atom. The second-order valence-corrected chi connectivity index (χ2v) is 9.04. The van der Waals surface area contributed by atoms with Crippen LogP contribution in [0.3, 0.4) is 0 Å². The number of nitrogens with one attached hydrogen (secondary N) is 1. The molecule has 1 aromatic carbocycles. The summed E-state index contributed by atoms with van der Waals surface area (Å²) in [5.41, 5.74) is 4.57. The molecule has 0 radical (unpaired) electrons. The lowest BCUT2D eigenvalue weighted by molar-refractivity contribution is 0.108. The van der Waals surface area contributed by atoms with Crippen molar-refractivity contribution in [2.45, 2.75) is 56.0 Å². The number of hydrogen-bond acceptors (Lipinski definition) is 8. The fraction of sp³-hybridized carbons (Fsp3) is 0.522. The monoisotopic (exact) mass is 458 g/mol. The molecule has 1 unspecified atom stereocenters. The van der Waals surface area contributed by atoms with Crippen molar-refractivity contribution >= 4 is 23.9 Å². The third-order valence-electron chi connectivity index (χ3n) is 5.83. The van der Waals surface area contributed by atoms with Gasteiger partial charge in [-0.2, -0.15) is 5.10 Å². The van der Waals surface area contributed by atoms with Gasteiger partial charge in [-0.25, -0.2) is 24.9 Å². The van der Waals surface area contributed by atoms with Gasteiger partial charge in [0.1, 0.15) is 6.61 Å². The van der Waals surface area contributed by atoms with Crippen LogP contribution in [0.2, 0.25) is 0 Å². The Labute approximate surface area is 193 Å². The number of hydrazine groups is 1. The van der Waals surface area contributed by atoms with Crippen molar-refractivity contribution in [3.63, 3.8) is 0 Å². The Balaban J connectivity index is 1.22. The van der Waals surface area contributed by atoms with Crippen LogP contribution in [0.15, 0.2) is 40.6 Å². The maximum Gasteiger partial charge on any atom is 0.225 e. The molecule has 0 spiro atoms. The van der Waals surface area contributed by atoms with Crippen LogP contribution in [0, 0.1) is 5.82 Å². The van der Waals surface area contributed by atoms with Crippen molar-refractivity contribution in [2.75, 3.05) is 30.9 Å². The van der Waals surface area contributed by atoms with Crippen LogP contribution < -0.4 is 15.1 Å². The van der Waals surface area contributed by atoms with Gasteiger partial charge in [-0.3, -0.25) is 0 Å². The van der Waals surface area contributed by atoms with Gasteiger partial charge in [-0.15, -0.1) is 11.8 Å². The molecule has 0 amide bonds. The third kappa shape index (κ3) is 5.69. The van der Waals surface area contributed by atoms with Crippen molar-refractivity contribution in [3.8, 4) is 5.75 Å². The number of ether oxygens (including phenoxy) is 1. The predicted molar refractivity (Wildman–Crippen MR) is 127 cm³/mol. The van der Waals surface area contributed by atoms with E-state index in [1.54, 1.807) is 6.07 Å². The highest BCUT2D eigenvalue weighted by molar-refractivity contribution is 7.98. The molecule has 172 valence electrons. The van der Waals surface area contributed by atoms with E-state index in [2.05, 4.69) is 32.3 Å². The fourth-order valence-corrected chi connectivity index (χ4v) is 4.33. The molecule has 32 heavy (non-hydrogen) atoms. The van der Waals surface area contributed by atoms with Crippen molar-refractivity contribution < 1.29 is 9.13 Å². The summed E-state index contributed by atoms with van der Waals surface area (Å²) in [5, 5.41) is 6.44. The number of rotatable bonds is 9. The molecule has 2 aliphatic rings. The molecular formula is C23H31FN6OS. The molecule has 9 heteroatoms. The van der Waals surface area contributed by atoms with E-state index < -0.39 is 0 Å². The average molecular weight is 459 g/mol. The molecule has 0 saturated carbocycles. The minimum absolute atomic E-state index is 0.0772. The number of nitrogens with zero attached hydrogens (tertiary/aromatic N) is 5. The number of piperidine rings is 1. The normalized spacial score (nSPS) is 19.0. The van der Waals surface area contributed by atoms with Gasteiger partial charge < -0.3 is 9.64 Å². The van der Waals surface area contributed by atoms with Crippen molar-refractivity contribution in [1.82, 2.24) is 20.5 Å². The van der Waals surface area contributed by atoms with Crippen LogP contribution >= 0.6 is 11.8 Å². The molecule has 7 nitrogen and oxygen atoms in total. The Morgan fingerprint density at radius 1 is 1.22 bits per heavy atom. The summed E-state index contributed by atoms with van der Waals surface area (Å²) >= 11 is 1.51. The minimum Gasteiger partial charge on any atom is -0.488 e. The lowest BCUT2D eigenvalue weighted by atomic mass is 10.1. The van der Waals surface area contributed by atoms with Crippen LogP contribution in [0.4, 0.5) is 10.3 Å². The van der Waals surface area contributed by atoms with E-state index >= 15 is 0 Å². The topological polar surface area (TPSA) is 65.9 Å². The second-order valence-electron chi connectivity index (χ2n) is 8.17. The molecule has 0 bridgehead atoms. The van der Waals surface area contributed by atoms with Crippen molar-refractivity contribution in [1.29, 1.82) is 0 Å². The first kappa shape index (κ1) is 22.8. The number of aromatic nitrogens is 2. The number of hydrogen-bond donors (Lipinski definition) is 1. The average Bonchev–Trinajstić information content (AvgIpc) is 3.31. The molecule has 0 aliphatic carbocycles. The maximum atomic E-state index is 14.1. The van der Waals surface area contributed by atoms with Gasteiger partial charge in [0.2, 0.25) is 5.95 Å². The molecule has 1 aromatic heterocycles. The standard InChI is InChI=1S/C23H31FN6OS/c1-3-4-5-17-13-25-23(26-14-17)29-10-8-19(9-11-29)30-27-15-18(28-30)16-31-22-7-6-20(32-2)12-21(22)24/h6-7,12-15,18-19,28H,3-5,8-11,16H2,1-2H3. The second kappa shape index (κ2) is 11.0. The van der Waals surface area contributed by atoms with E-state index in [9.17, 15) is 4.39 Å². The largest absolute Gasteiger partial charge is 0.488 e. The number of anilines is 1. The summed E-state index contributed by atoms with van der Waals surface area (Å²) in [7, 11) is 0. The fourth-order valence-electron chi connectivity index (χ4n) is 3.91. The predicted octanol–water partition coefficient (Wildman–Crippen LogP) is 3.90. The van der Waals surface area contributed by atoms with E-state index in [0.29, 0.717) is 12.6 Å². The molecule has 2 aromatic rings. The molecule has 4 rings (SSSR count). The summed E-state index contributed by atoms with van der Waals surface area (Å²) < 4.78 is 19.8. The van der Waals surface area contributed by atoms with Gasteiger partial charge in [0.05, 0.1) is 12.1 Å². The van der Waals surface area contributed by atoms with Crippen LogP contribution in [0.1, 0.15) is 38.2 Å². The summed E-state index contributed by atoms with van der Waals surface area (Å²) in [6.45, 7) is 4.30. The SMILES string of the molecule is CCCCc1cnc(N2CCC(N3N=CC(COc4ccc(SC)cc4F)N3)CC2)nc1. The van der Waals surface area contributed by atoms with Crippen LogP contribution in [-0.2, 0) is 6.42 Å². The van der Waals surface area contributed by atoms with E-state index in [1.165, 1.54) is 36.2 Å². The number of hydrazone groups is 1. The van der Waals surface area contributed by atoms with Gasteiger partial charge in [0.25, 0.3) is 0 Å². The van der Waals surface area contributed by atoms with Crippen LogP contribution in [0.25, 0.3) is 0 Å². The number of thioether (sulfide) groups is 1. The first-order chi connectivity index (χ1) is 15.7. The highest BCUT2D eigenvalue weighted by Gasteiger charge is 2.29. The molecule has 1 atom stereocenters. The van der Waals surface area contributed by atoms with Gasteiger partial charge in [0, 0.05) is 36.6 Å². The van der Waals surface area contributed by atoms with E-state index in [0.717, 1.165) is 43.2 Å². The lowest BCUT2D eigenvalue weighted by Gasteiger charge is -2.35. The zero-order valence-electron chi connectivity index (χ0n) is 18.7. The summed E-state index contributed by atoms with van der Waals surface area (Å²) in [6, 6.07) is 5.26. The highest BCUT2D eigenvalue weighted by atomic mass is 32.2.